The molecule has 1 aromatic rings. The van der Waals surface area contributed by atoms with Crippen LogP contribution in [0, 0.1) is 9.88 Å². The van der Waals surface area contributed by atoms with E-state index in [4.69, 9.17) is 11.6 Å². The molecule has 0 spiro atoms. The summed E-state index contributed by atoms with van der Waals surface area (Å²) in [7, 11) is 0. The fraction of sp³-hybridized carbons (Fsp3) is 0. The van der Waals surface area contributed by atoms with Crippen molar-refractivity contribution in [2.45, 2.75) is 0 Å². The Morgan fingerprint density at radius 2 is 1.82 bits per heavy atom. The molecule has 0 saturated carbocycles. The molecule has 84 valence electrons. The van der Waals surface area contributed by atoms with Crippen LogP contribution in [0.5, 0.6) is 0 Å². The van der Waals surface area contributed by atoms with E-state index in [0.717, 1.165) is 10.2 Å². The van der Waals surface area contributed by atoms with Gasteiger partial charge >= 0.3 is 0 Å². The first-order valence-corrected chi connectivity index (χ1v) is 6.10. The highest BCUT2D eigenvalue weighted by Gasteiger charge is 2.02. The van der Waals surface area contributed by atoms with Crippen LogP contribution < -0.4 is 10.9 Å². The number of aromatic amines is 1. The van der Waals surface area contributed by atoms with Gasteiger partial charge in [-0.3, -0.25) is 9.59 Å². The number of halogens is 1. The molecule has 1 aliphatic carbocycles. The molecule has 1 aromatic carbocycles. The lowest BCUT2D eigenvalue weighted by molar-refractivity contribution is 1.25. The van der Waals surface area contributed by atoms with Crippen molar-refractivity contribution in [2.24, 2.45) is 0 Å². The van der Waals surface area contributed by atoms with Crippen molar-refractivity contribution in [1.29, 1.82) is 0 Å². The van der Waals surface area contributed by atoms with Gasteiger partial charge in [0.15, 0.2) is 5.43 Å². The van der Waals surface area contributed by atoms with Gasteiger partial charge in [-0.05, 0) is 30.3 Å². The van der Waals surface area contributed by atoms with Gasteiger partial charge in [-0.25, -0.2) is 0 Å². The van der Waals surface area contributed by atoms with Gasteiger partial charge in [0.1, 0.15) is 9.88 Å². The number of nitrogens with one attached hydrogen (secondary N) is 1. The maximum Gasteiger partial charge on any atom is 0.203 e. The summed E-state index contributed by atoms with van der Waals surface area (Å²) in [5.74, 6) is 0. The highest BCUT2D eigenvalue weighted by molar-refractivity contribution is 7.16. The van der Waals surface area contributed by atoms with Gasteiger partial charge in [-0.2, -0.15) is 0 Å². The van der Waals surface area contributed by atoms with Gasteiger partial charge in [0.2, 0.25) is 5.43 Å². The Morgan fingerprint density at radius 1 is 1.06 bits per heavy atom. The van der Waals surface area contributed by atoms with E-state index < -0.39 is 0 Å². The van der Waals surface area contributed by atoms with Crippen molar-refractivity contribution in [1.82, 2.24) is 4.98 Å². The summed E-state index contributed by atoms with van der Waals surface area (Å²) in [5, 5.41) is 0.934. The number of fused-ring (bicyclic) bond motifs is 1. The molecule has 0 radical (unpaired) electrons. The second-order valence-electron chi connectivity index (χ2n) is 3.63. The predicted molar refractivity (Wildman–Crippen MR) is 69.0 cm³/mol. The second-order valence-corrected chi connectivity index (χ2v) is 5.12. The number of hydrogen-bond acceptors (Lipinski definition) is 3. The molecule has 0 fully saturated rings. The van der Waals surface area contributed by atoms with Gasteiger partial charge in [-0.15, -0.1) is 11.3 Å². The van der Waals surface area contributed by atoms with E-state index in [2.05, 4.69) is 4.98 Å². The van der Waals surface area contributed by atoms with E-state index in [1.807, 2.05) is 6.07 Å². The molecule has 1 N–H and O–H groups in total. The summed E-state index contributed by atoms with van der Waals surface area (Å²) in [5.41, 5.74) is 0.438. The Bertz CT molecular complexity index is 897. The van der Waals surface area contributed by atoms with E-state index in [1.54, 1.807) is 12.1 Å². The standard InChI is InChI=1S/C12H6ClNO2S/c13-6-1-4-10-7(5-6)14-11-8(15)2-3-9(16)12(11)17-10/h1-5,14H. The van der Waals surface area contributed by atoms with E-state index in [1.165, 1.54) is 23.5 Å². The highest BCUT2D eigenvalue weighted by atomic mass is 35.5. The molecule has 2 aliphatic rings. The quantitative estimate of drug-likeness (QED) is 0.677. The zero-order chi connectivity index (χ0) is 12.0. The lowest BCUT2D eigenvalue weighted by Crippen LogP contribution is -2.12. The average molecular weight is 264 g/mol. The van der Waals surface area contributed by atoms with Gasteiger partial charge in [0.05, 0.1) is 10.2 Å². The largest absolute Gasteiger partial charge is 0.350 e. The number of hydrogen-bond donors (Lipinski definition) is 1. The first kappa shape index (κ1) is 10.5. The first-order chi connectivity index (χ1) is 8.15. The van der Waals surface area contributed by atoms with E-state index in [0.29, 0.717) is 14.9 Å². The zero-order valence-electron chi connectivity index (χ0n) is 8.49. The molecular formula is C12H6ClNO2S. The van der Waals surface area contributed by atoms with E-state index in [9.17, 15) is 9.59 Å². The Labute approximate surface area is 104 Å². The van der Waals surface area contributed by atoms with Crippen LogP contribution in [0.4, 0.5) is 0 Å². The summed E-state index contributed by atoms with van der Waals surface area (Å²) in [6.07, 6.45) is 0. The van der Waals surface area contributed by atoms with Crippen molar-refractivity contribution in [3.05, 3.63) is 65.7 Å². The van der Waals surface area contributed by atoms with Crippen LogP contribution in [-0.4, -0.2) is 4.98 Å². The molecule has 1 heterocycles. The van der Waals surface area contributed by atoms with Gasteiger partial charge in [-0.1, -0.05) is 11.6 Å². The fourth-order valence-corrected chi connectivity index (χ4v) is 2.87. The molecule has 0 amide bonds. The minimum Gasteiger partial charge on any atom is -0.350 e. The van der Waals surface area contributed by atoms with Crippen LogP contribution in [0.1, 0.15) is 0 Å². The summed E-state index contributed by atoms with van der Waals surface area (Å²) >= 11 is 7.18. The number of H-pyrrole nitrogens is 1. The predicted octanol–water partition coefficient (Wildman–Crippen LogP) is 2.33. The third-order valence-corrected chi connectivity index (χ3v) is 3.92. The third-order valence-electron chi connectivity index (χ3n) is 2.50. The lowest BCUT2D eigenvalue weighted by Gasteiger charge is -1.99. The molecule has 0 saturated heterocycles. The Hall–Kier alpha value is -1.65. The summed E-state index contributed by atoms with van der Waals surface area (Å²) in [6, 6.07) is 7.91. The van der Waals surface area contributed by atoms with Crippen molar-refractivity contribution in [2.75, 3.05) is 0 Å². The minimum atomic E-state index is -0.183. The maximum atomic E-state index is 11.7. The average Bonchev–Trinajstić information content (AvgIpc) is 2.32. The Morgan fingerprint density at radius 3 is 2.65 bits per heavy atom. The third kappa shape index (κ3) is 1.66. The van der Waals surface area contributed by atoms with Crippen LogP contribution >= 0.6 is 22.9 Å². The summed E-state index contributed by atoms with van der Waals surface area (Å²) in [4.78, 5) is 26.3. The molecule has 3 rings (SSSR count). The van der Waals surface area contributed by atoms with Crippen LogP contribution in [-0.2, 0) is 0 Å². The summed E-state index contributed by atoms with van der Waals surface area (Å²) in [6.45, 7) is 0. The van der Waals surface area contributed by atoms with Crippen LogP contribution in [0.2, 0.25) is 5.02 Å². The minimum absolute atomic E-state index is 0.141. The van der Waals surface area contributed by atoms with Crippen molar-refractivity contribution < 1.29 is 0 Å². The molecular weight excluding hydrogens is 258 g/mol. The molecule has 0 unspecified atom stereocenters. The second kappa shape index (κ2) is 3.68. The number of benzene rings is 1. The zero-order valence-corrected chi connectivity index (χ0v) is 10.1. The van der Waals surface area contributed by atoms with E-state index >= 15 is 0 Å². The smallest absolute Gasteiger partial charge is 0.203 e. The van der Waals surface area contributed by atoms with Gasteiger partial charge in [0, 0.05) is 5.02 Å². The van der Waals surface area contributed by atoms with Crippen molar-refractivity contribution in [3.8, 4) is 0 Å². The molecule has 0 bridgehead atoms. The number of rotatable bonds is 0. The monoisotopic (exact) mass is 263 g/mol. The molecule has 5 heteroatoms. The lowest BCUT2D eigenvalue weighted by atomic mass is 10.3. The molecule has 1 aliphatic heterocycles. The van der Waals surface area contributed by atoms with Gasteiger partial charge < -0.3 is 4.98 Å². The molecule has 0 aromatic heterocycles. The van der Waals surface area contributed by atoms with Crippen LogP contribution in [0.3, 0.4) is 0 Å². The normalized spacial score (nSPS) is 11.1. The van der Waals surface area contributed by atoms with Crippen LogP contribution in [0.15, 0.2) is 39.9 Å². The Kier molecular flexibility index (Phi) is 2.28. The maximum absolute atomic E-state index is 11.7. The molecule has 17 heavy (non-hydrogen) atoms. The van der Waals surface area contributed by atoms with Gasteiger partial charge in [0.25, 0.3) is 0 Å². The Balaban J connectivity index is 2.69. The SMILES string of the molecule is O=c1ccc(=O)c2sc3ccc(Cl)cc3[nH]c1=2. The summed E-state index contributed by atoms with van der Waals surface area (Å²) < 4.78 is 1.34. The van der Waals surface area contributed by atoms with E-state index in [-0.39, 0.29) is 10.9 Å². The van der Waals surface area contributed by atoms with Crippen LogP contribution in [0.25, 0.3) is 10.2 Å². The van der Waals surface area contributed by atoms with Crippen molar-refractivity contribution >= 4 is 33.2 Å². The first-order valence-electron chi connectivity index (χ1n) is 4.90. The fourth-order valence-electron chi connectivity index (χ4n) is 1.70. The number of aromatic nitrogens is 1. The topological polar surface area (TPSA) is 49.9 Å². The van der Waals surface area contributed by atoms with Crippen molar-refractivity contribution in [3.63, 3.8) is 0 Å². The molecule has 0 atom stereocenters. The molecule has 3 nitrogen and oxygen atoms in total. The highest BCUT2D eigenvalue weighted by Crippen LogP contribution is 2.20.